The molecule has 2 rings (SSSR count). The highest BCUT2D eigenvalue weighted by molar-refractivity contribution is 7.89. The number of aromatic nitrogens is 2. The van der Waals surface area contributed by atoms with Gasteiger partial charge in [0.15, 0.2) is 5.03 Å². The Hall–Kier alpha value is -0.630. The third-order valence-corrected chi connectivity index (χ3v) is 5.89. The van der Waals surface area contributed by atoms with Crippen molar-refractivity contribution in [2.24, 2.45) is 7.05 Å². The summed E-state index contributed by atoms with van der Waals surface area (Å²) in [5.74, 6) is 0. The first kappa shape index (κ1) is 14.8. The second-order valence-corrected chi connectivity index (χ2v) is 6.91. The Morgan fingerprint density at radius 1 is 1.53 bits per heavy atom. The summed E-state index contributed by atoms with van der Waals surface area (Å²) in [4.78, 5) is 0. The summed E-state index contributed by atoms with van der Waals surface area (Å²) in [6.07, 6.45) is 4.37. The van der Waals surface area contributed by atoms with Gasteiger partial charge in [0, 0.05) is 26.2 Å². The Bertz CT molecular complexity index is 522. The van der Waals surface area contributed by atoms with Gasteiger partial charge in [0.25, 0.3) is 10.0 Å². The van der Waals surface area contributed by atoms with Crippen LogP contribution >= 0.6 is 11.6 Å². The van der Waals surface area contributed by atoms with Gasteiger partial charge in [0.2, 0.25) is 0 Å². The van der Waals surface area contributed by atoms with Crippen LogP contribution in [-0.4, -0.2) is 46.8 Å². The molecule has 1 aliphatic rings. The molecule has 0 saturated carbocycles. The maximum Gasteiger partial charge on any atom is 0.261 e. The van der Waals surface area contributed by atoms with Gasteiger partial charge >= 0.3 is 0 Å². The number of rotatable bonds is 4. The SMILES string of the molecule is Cn1ncc(Cl)c1S(=O)(=O)N1CCCCC1CCO. The number of halogens is 1. The smallest absolute Gasteiger partial charge is 0.261 e. The molecule has 108 valence electrons. The fourth-order valence-electron chi connectivity index (χ4n) is 2.53. The van der Waals surface area contributed by atoms with E-state index in [-0.39, 0.29) is 22.7 Å². The Morgan fingerprint density at radius 2 is 2.26 bits per heavy atom. The number of nitrogens with zero attached hydrogens (tertiary/aromatic N) is 3. The number of sulfonamides is 1. The van der Waals surface area contributed by atoms with Crippen LogP contribution in [0.15, 0.2) is 11.2 Å². The minimum atomic E-state index is -3.66. The molecule has 1 aliphatic heterocycles. The molecule has 8 heteroatoms. The molecule has 1 N–H and O–H groups in total. The molecule has 6 nitrogen and oxygen atoms in total. The monoisotopic (exact) mass is 307 g/mol. The second-order valence-electron chi connectivity index (χ2n) is 4.70. The number of aliphatic hydroxyl groups excluding tert-OH is 1. The molecule has 0 radical (unpaired) electrons. The van der Waals surface area contributed by atoms with Crippen molar-refractivity contribution in [1.82, 2.24) is 14.1 Å². The summed E-state index contributed by atoms with van der Waals surface area (Å²) in [7, 11) is -2.10. The first-order chi connectivity index (χ1) is 8.98. The third kappa shape index (κ3) is 2.79. The van der Waals surface area contributed by atoms with Crippen molar-refractivity contribution in [3.05, 3.63) is 11.2 Å². The summed E-state index contributed by atoms with van der Waals surface area (Å²) in [6.45, 7) is 0.449. The van der Waals surface area contributed by atoms with Gasteiger partial charge in [-0.25, -0.2) is 8.42 Å². The average Bonchev–Trinajstić information content (AvgIpc) is 2.70. The summed E-state index contributed by atoms with van der Waals surface area (Å²) in [5, 5.41) is 13.1. The van der Waals surface area contributed by atoms with E-state index in [0.29, 0.717) is 13.0 Å². The van der Waals surface area contributed by atoms with Crippen LogP contribution in [0.4, 0.5) is 0 Å². The summed E-state index contributed by atoms with van der Waals surface area (Å²) in [5.41, 5.74) is 0. The lowest BCUT2D eigenvalue weighted by Gasteiger charge is -2.34. The predicted octanol–water partition coefficient (Wildman–Crippen LogP) is 0.999. The van der Waals surface area contributed by atoms with Gasteiger partial charge in [0.1, 0.15) is 0 Å². The number of hydrogen-bond donors (Lipinski definition) is 1. The molecule has 0 aliphatic carbocycles. The lowest BCUT2D eigenvalue weighted by Crippen LogP contribution is -2.44. The standard InChI is InChI=1S/C11H18ClN3O3S/c1-14-11(10(12)8-13-14)19(17,18)15-6-3-2-4-9(15)5-7-16/h8-9,16H,2-7H2,1H3. The van der Waals surface area contributed by atoms with E-state index in [9.17, 15) is 8.42 Å². The number of hydrogen-bond acceptors (Lipinski definition) is 4. The lowest BCUT2D eigenvalue weighted by atomic mass is 10.0. The molecule has 0 amide bonds. The van der Waals surface area contributed by atoms with Gasteiger partial charge in [-0.1, -0.05) is 18.0 Å². The van der Waals surface area contributed by atoms with E-state index in [1.807, 2.05) is 0 Å². The number of aryl methyl sites for hydroxylation is 1. The van der Waals surface area contributed by atoms with Crippen molar-refractivity contribution in [1.29, 1.82) is 0 Å². The van der Waals surface area contributed by atoms with E-state index < -0.39 is 10.0 Å². The van der Waals surface area contributed by atoms with Gasteiger partial charge in [-0.2, -0.15) is 9.40 Å². The number of piperidine rings is 1. The van der Waals surface area contributed by atoms with Crippen molar-refractivity contribution < 1.29 is 13.5 Å². The van der Waals surface area contributed by atoms with Gasteiger partial charge in [-0.05, 0) is 19.3 Å². The molecule has 1 aromatic rings. The Balaban J connectivity index is 2.37. The highest BCUT2D eigenvalue weighted by Crippen LogP contribution is 2.30. The third-order valence-electron chi connectivity index (χ3n) is 3.43. The van der Waals surface area contributed by atoms with E-state index in [2.05, 4.69) is 5.10 Å². The van der Waals surface area contributed by atoms with Gasteiger partial charge in [0.05, 0.1) is 11.2 Å². The van der Waals surface area contributed by atoms with Crippen molar-refractivity contribution in [2.45, 2.75) is 36.8 Å². The predicted molar refractivity (Wildman–Crippen MR) is 71.5 cm³/mol. The molecule has 1 saturated heterocycles. The Kier molecular flexibility index (Phi) is 4.50. The Morgan fingerprint density at radius 3 is 2.84 bits per heavy atom. The first-order valence-electron chi connectivity index (χ1n) is 6.28. The van der Waals surface area contributed by atoms with Crippen LogP contribution in [0.3, 0.4) is 0 Å². The first-order valence-corrected chi connectivity index (χ1v) is 8.10. The van der Waals surface area contributed by atoms with Crippen LogP contribution in [-0.2, 0) is 17.1 Å². The molecule has 1 atom stereocenters. The van der Waals surface area contributed by atoms with E-state index in [1.165, 1.54) is 15.2 Å². The fourth-order valence-corrected chi connectivity index (χ4v) is 4.86. The van der Waals surface area contributed by atoms with Gasteiger partial charge in [-0.15, -0.1) is 0 Å². The second kappa shape index (κ2) is 5.78. The fraction of sp³-hybridized carbons (Fsp3) is 0.727. The molecule has 0 aromatic carbocycles. The average molecular weight is 308 g/mol. The van der Waals surface area contributed by atoms with Crippen molar-refractivity contribution in [3.63, 3.8) is 0 Å². The summed E-state index contributed by atoms with van der Waals surface area (Å²) in [6, 6.07) is -0.158. The zero-order valence-corrected chi connectivity index (χ0v) is 12.4. The quantitative estimate of drug-likeness (QED) is 0.900. The van der Waals surface area contributed by atoms with Crippen molar-refractivity contribution in [3.8, 4) is 0 Å². The lowest BCUT2D eigenvalue weighted by molar-refractivity contribution is 0.192. The normalized spacial score (nSPS) is 21.7. The highest BCUT2D eigenvalue weighted by Gasteiger charge is 2.36. The minimum absolute atomic E-state index is 0.0180. The van der Waals surface area contributed by atoms with Crippen LogP contribution in [0, 0.1) is 0 Å². The van der Waals surface area contributed by atoms with Crippen LogP contribution in [0.1, 0.15) is 25.7 Å². The maximum absolute atomic E-state index is 12.7. The molecule has 1 aromatic heterocycles. The summed E-state index contributed by atoms with van der Waals surface area (Å²) < 4.78 is 28.1. The Labute approximate surface area is 118 Å². The zero-order valence-electron chi connectivity index (χ0n) is 10.8. The van der Waals surface area contributed by atoms with Crippen LogP contribution in [0.2, 0.25) is 5.02 Å². The maximum atomic E-state index is 12.7. The molecule has 0 spiro atoms. The van der Waals surface area contributed by atoms with Crippen LogP contribution in [0.5, 0.6) is 0 Å². The molecule has 1 fully saturated rings. The van der Waals surface area contributed by atoms with E-state index in [4.69, 9.17) is 16.7 Å². The minimum Gasteiger partial charge on any atom is -0.396 e. The molecular formula is C11H18ClN3O3S. The topological polar surface area (TPSA) is 75.4 Å². The van der Waals surface area contributed by atoms with Crippen molar-refractivity contribution in [2.75, 3.05) is 13.2 Å². The zero-order chi connectivity index (χ0) is 14.0. The molecule has 19 heavy (non-hydrogen) atoms. The molecule has 0 bridgehead atoms. The largest absolute Gasteiger partial charge is 0.396 e. The van der Waals surface area contributed by atoms with Crippen LogP contribution in [0.25, 0.3) is 0 Å². The molecular weight excluding hydrogens is 290 g/mol. The van der Waals surface area contributed by atoms with Gasteiger partial charge in [-0.3, -0.25) is 4.68 Å². The van der Waals surface area contributed by atoms with E-state index in [1.54, 1.807) is 7.05 Å². The molecule has 2 heterocycles. The van der Waals surface area contributed by atoms with Gasteiger partial charge < -0.3 is 5.11 Å². The summed E-state index contributed by atoms with van der Waals surface area (Å²) >= 11 is 5.94. The number of aliphatic hydroxyl groups is 1. The van der Waals surface area contributed by atoms with E-state index in [0.717, 1.165) is 19.3 Å². The van der Waals surface area contributed by atoms with Crippen molar-refractivity contribution >= 4 is 21.6 Å². The van der Waals surface area contributed by atoms with E-state index >= 15 is 0 Å². The molecule has 1 unspecified atom stereocenters. The van der Waals surface area contributed by atoms with Crippen LogP contribution < -0.4 is 0 Å². The highest BCUT2D eigenvalue weighted by atomic mass is 35.5.